The number of nitrogens with zero attached hydrogens (tertiary/aromatic N) is 2. The van der Waals surface area contributed by atoms with Crippen molar-refractivity contribution in [2.75, 3.05) is 26.2 Å². The number of nitrogens with one attached hydrogen (secondary N) is 1. The lowest BCUT2D eigenvalue weighted by atomic mass is 10.0. The molecule has 1 aliphatic rings. The minimum absolute atomic E-state index is 0.556. The standard InChI is InChI=1S/C16H34N4/c1-13(2)11-18-16(17)19-12-15(14(3)4)20-9-7-5-6-8-10-20/h13-15H,5-12H2,1-4H3,(H3,17,18,19). The molecule has 1 unspecified atom stereocenters. The van der Waals surface area contributed by atoms with Gasteiger partial charge in [0.2, 0.25) is 0 Å². The predicted molar refractivity (Wildman–Crippen MR) is 88.0 cm³/mol. The van der Waals surface area contributed by atoms with Crippen LogP contribution in [0.15, 0.2) is 4.99 Å². The van der Waals surface area contributed by atoms with Crippen LogP contribution in [-0.2, 0) is 0 Å². The van der Waals surface area contributed by atoms with Crippen LogP contribution in [0.4, 0.5) is 0 Å². The van der Waals surface area contributed by atoms with Crippen molar-refractivity contribution in [3.63, 3.8) is 0 Å². The Morgan fingerprint density at radius 2 is 1.70 bits per heavy atom. The van der Waals surface area contributed by atoms with Crippen LogP contribution in [0.3, 0.4) is 0 Å². The third-order valence-corrected chi connectivity index (χ3v) is 4.00. The smallest absolute Gasteiger partial charge is 0.188 e. The first-order valence-corrected chi connectivity index (χ1v) is 8.28. The molecule has 0 saturated carbocycles. The Balaban J connectivity index is 2.47. The molecule has 0 bridgehead atoms. The Hall–Kier alpha value is -0.770. The minimum Gasteiger partial charge on any atom is -0.370 e. The topological polar surface area (TPSA) is 53.6 Å². The number of aliphatic imine (C=N–C) groups is 1. The van der Waals surface area contributed by atoms with E-state index in [1.54, 1.807) is 0 Å². The van der Waals surface area contributed by atoms with Gasteiger partial charge in [-0.2, -0.15) is 0 Å². The fourth-order valence-electron chi connectivity index (χ4n) is 2.76. The number of nitrogens with two attached hydrogens (primary N) is 1. The molecule has 3 N–H and O–H groups in total. The molecule has 0 radical (unpaired) electrons. The molecule has 1 rings (SSSR count). The van der Waals surface area contributed by atoms with Gasteiger partial charge in [0.05, 0.1) is 0 Å². The maximum atomic E-state index is 5.95. The molecule has 1 heterocycles. The Labute approximate surface area is 125 Å². The predicted octanol–water partition coefficient (Wildman–Crippen LogP) is 2.45. The molecular weight excluding hydrogens is 248 g/mol. The molecule has 20 heavy (non-hydrogen) atoms. The van der Waals surface area contributed by atoms with E-state index in [-0.39, 0.29) is 0 Å². The van der Waals surface area contributed by atoms with Gasteiger partial charge in [-0.1, -0.05) is 40.5 Å². The highest BCUT2D eigenvalue weighted by Crippen LogP contribution is 2.16. The number of hydrogen-bond acceptors (Lipinski definition) is 2. The van der Waals surface area contributed by atoms with Gasteiger partial charge in [-0.15, -0.1) is 0 Å². The number of rotatable bonds is 6. The summed E-state index contributed by atoms with van der Waals surface area (Å²) in [7, 11) is 0. The zero-order chi connectivity index (χ0) is 15.0. The van der Waals surface area contributed by atoms with Gasteiger partial charge in [-0.25, -0.2) is 0 Å². The van der Waals surface area contributed by atoms with Gasteiger partial charge in [0.25, 0.3) is 0 Å². The van der Waals surface area contributed by atoms with Crippen molar-refractivity contribution in [2.45, 2.75) is 59.4 Å². The molecule has 0 aromatic heterocycles. The van der Waals surface area contributed by atoms with E-state index in [0.717, 1.165) is 13.1 Å². The van der Waals surface area contributed by atoms with Crippen LogP contribution in [0.5, 0.6) is 0 Å². The Kier molecular flexibility index (Phi) is 7.97. The summed E-state index contributed by atoms with van der Waals surface area (Å²) >= 11 is 0. The summed E-state index contributed by atoms with van der Waals surface area (Å²) in [4.78, 5) is 7.02. The highest BCUT2D eigenvalue weighted by atomic mass is 15.2. The van der Waals surface area contributed by atoms with E-state index in [1.807, 2.05) is 0 Å². The van der Waals surface area contributed by atoms with Gasteiger partial charge in [0, 0.05) is 19.1 Å². The van der Waals surface area contributed by atoms with Gasteiger partial charge in [0.1, 0.15) is 0 Å². The van der Waals surface area contributed by atoms with E-state index in [9.17, 15) is 0 Å². The van der Waals surface area contributed by atoms with Gasteiger partial charge in [-0.05, 0) is 37.8 Å². The lowest BCUT2D eigenvalue weighted by Crippen LogP contribution is -2.48. The molecule has 0 aliphatic carbocycles. The van der Waals surface area contributed by atoms with Crippen molar-refractivity contribution in [2.24, 2.45) is 22.6 Å². The Morgan fingerprint density at radius 3 is 2.20 bits per heavy atom. The van der Waals surface area contributed by atoms with Crippen molar-refractivity contribution in [3.8, 4) is 0 Å². The Morgan fingerprint density at radius 1 is 1.10 bits per heavy atom. The summed E-state index contributed by atoms with van der Waals surface area (Å²) in [5.74, 6) is 1.79. The van der Waals surface area contributed by atoms with E-state index in [4.69, 9.17) is 5.73 Å². The first-order chi connectivity index (χ1) is 9.50. The van der Waals surface area contributed by atoms with Gasteiger partial charge < -0.3 is 11.1 Å². The average molecular weight is 282 g/mol. The quantitative estimate of drug-likeness (QED) is 0.581. The zero-order valence-electron chi connectivity index (χ0n) is 13.9. The number of guanidine groups is 1. The van der Waals surface area contributed by atoms with Crippen LogP contribution >= 0.6 is 0 Å². The largest absolute Gasteiger partial charge is 0.370 e. The second-order valence-electron chi connectivity index (χ2n) is 6.76. The van der Waals surface area contributed by atoms with Crippen LogP contribution in [0, 0.1) is 11.8 Å². The maximum Gasteiger partial charge on any atom is 0.188 e. The van der Waals surface area contributed by atoms with Gasteiger partial charge in [-0.3, -0.25) is 9.89 Å². The fourth-order valence-corrected chi connectivity index (χ4v) is 2.76. The van der Waals surface area contributed by atoms with Gasteiger partial charge in [0.15, 0.2) is 5.96 Å². The molecule has 4 heteroatoms. The van der Waals surface area contributed by atoms with E-state index in [0.29, 0.717) is 23.8 Å². The van der Waals surface area contributed by atoms with Crippen molar-refractivity contribution in [1.29, 1.82) is 0 Å². The summed E-state index contributed by atoms with van der Waals surface area (Å²) in [6, 6.07) is 0.556. The first kappa shape index (κ1) is 17.3. The van der Waals surface area contributed by atoms with E-state index in [1.165, 1.54) is 38.8 Å². The van der Waals surface area contributed by atoms with Crippen LogP contribution < -0.4 is 11.1 Å². The van der Waals surface area contributed by atoms with E-state index < -0.39 is 0 Å². The van der Waals surface area contributed by atoms with Crippen molar-refractivity contribution < 1.29 is 0 Å². The molecule has 1 fully saturated rings. The Bertz CT molecular complexity index is 278. The third kappa shape index (κ3) is 6.60. The summed E-state index contributed by atoms with van der Waals surface area (Å²) < 4.78 is 0. The number of hydrogen-bond donors (Lipinski definition) is 2. The van der Waals surface area contributed by atoms with Crippen LogP contribution in [-0.4, -0.2) is 43.1 Å². The zero-order valence-corrected chi connectivity index (χ0v) is 13.9. The lowest BCUT2D eigenvalue weighted by molar-refractivity contribution is 0.161. The number of likely N-dealkylation sites (tertiary alicyclic amines) is 1. The summed E-state index contributed by atoms with van der Waals surface area (Å²) in [6.07, 6.45) is 5.43. The average Bonchev–Trinajstić information content (AvgIpc) is 2.65. The normalized spacial score (nSPS) is 20.2. The lowest BCUT2D eigenvalue weighted by Gasteiger charge is -2.33. The van der Waals surface area contributed by atoms with Crippen molar-refractivity contribution >= 4 is 5.96 Å². The summed E-state index contributed by atoms with van der Waals surface area (Å²) in [5.41, 5.74) is 5.95. The van der Waals surface area contributed by atoms with Gasteiger partial charge >= 0.3 is 0 Å². The first-order valence-electron chi connectivity index (χ1n) is 8.28. The molecular formula is C16H34N4. The highest BCUT2D eigenvalue weighted by molar-refractivity contribution is 5.77. The molecule has 4 nitrogen and oxygen atoms in total. The van der Waals surface area contributed by atoms with E-state index >= 15 is 0 Å². The minimum atomic E-state index is 0.556. The monoisotopic (exact) mass is 282 g/mol. The molecule has 0 spiro atoms. The molecule has 0 amide bonds. The summed E-state index contributed by atoms with van der Waals surface area (Å²) in [5, 5.41) is 3.32. The molecule has 1 atom stereocenters. The van der Waals surface area contributed by atoms with Crippen molar-refractivity contribution in [1.82, 2.24) is 10.2 Å². The maximum absolute atomic E-state index is 5.95. The molecule has 0 aromatic carbocycles. The van der Waals surface area contributed by atoms with Crippen LogP contribution in [0.2, 0.25) is 0 Å². The summed E-state index contributed by atoms with van der Waals surface area (Å²) in [6.45, 7) is 13.1. The molecule has 118 valence electrons. The second-order valence-corrected chi connectivity index (χ2v) is 6.76. The molecule has 1 saturated heterocycles. The highest BCUT2D eigenvalue weighted by Gasteiger charge is 2.22. The molecule has 1 aliphatic heterocycles. The fraction of sp³-hybridized carbons (Fsp3) is 0.938. The molecule has 0 aromatic rings. The van der Waals surface area contributed by atoms with Crippen LogP contribution in [0.1, 0.15) is 53.4 Å². The van der Waals surface area contributed by atoms with Crippen LogP contribution in [0.25, 0.3) is 0 Å². The van der Waals surface area contributed by atoms with E-state index in [2.05, 4.69) is 42.9 Å². The SMILES string of the molecule is CC(C)CN=C(N)NCC(C(C)C)N1CCCCCC1. The van der Waals surface area contributed by atoms with Crippen molar-refractivity contribution in [3.05, 3.63) is 0 Å². The second kappa shape index (κ2) is 9.22. The third-order valence-electron chi connectivity index (χ3n) is 4.00.